The van der Waals surface area contributed by atoms with Gasteiger partial charge in [0.05, 0.1) is 23.3 Å². The van der Waals surface area contributed by atoms with E-state index < -0.39 is 17.7 Å². The standard InChI is InChI=1S/C12H10F3NO2/c1-2-18-11(17)9-4-6-16-5-3-8(7-10(9)16)12(13,14)15/h3-7H,2H2,1H3. The van der Waals surface area contributed by atoms with E-state index in [2.05, 4.69) is 0 Å². The van der Waals surface area contributed by atoms with Gasteiger partial charge in [-0.15, -0.1) is 0 Å². The molecule has 2 rings (SSSR count). The molecule has 0 N–H and O–H groups in total. The highest BCUT2D eigenvalue weighted by molar-refractivity contribution is 5.97. The van der Waals surface area contributed by atoms with Crippen molar-refractivity contribution >= 4 is 11.5 Å². The summed E-state index contributed by atoms with van der Waals surface area (Å²) in [5.41, 5.74) is -0.481. The predicted octanol–water partition coefficient (Wildman–Crippen LogP) is 3.13. The van der Waals surface area contributed by atoms with Crippen LogP contribution in [0.5, 0.6) is 0 Å². The first-order valence-corrected chi connectivity index (χ1v) is 5.28. The van der Waals surface area contributed by atoms with E-state index in [0.29, 0.717) is 0 Å². The maximum absolute atomic E-state index is 12.6. The highest BCUT2D eigenvalue weighted by atomic mass is 19.4. The summed E-state index contributed by atoms with van der Waals surface area (Å²) < 4.78 is 44.0. The van der Waals surface area contributed by atoms with E-state index in [9.17, 15) is 18.0 Å². The normalized spacial score (nSPS) is 11.8. The molecule has 0 aliphatic carbocycles. The van der Waals surface area contributed by atoms with Crippen LogP contribution in [-0.2, 0) is 10.9 Å². The quantitative estimate of drug-likeness (QED) is 0.774. The van der Waals surface area contributed by atoms with Gasteiger partial charge in [-0.2, -0.15) is 13.2 Å². The summed E-state index contributed by atoms with van der Waals surface area (Å²) >= 11 is 0. The second kappa shape index (κ2) is 4.36. The molecule has 0 unspecified atom stereocenters. The molecule has 0 aliphatic rings. The van der Waals surface area contributed by atoms with Crippen molar-refractivity contribution in [3.05, 3.63) is 41.7 Å². The van der Waals surface area contributed by atoms with Crippen LogP contribution in [0, 0.1) is 0 Å². The summed E-state index contributed by atoms with van der Waals surface area (Å²) in [6.45, 7) is 1.81. The number of hydrogen-bond acceptors (Lipinski definition) is 2. The average Bonchev–Trinajstić information content (AvgIpc) is 2.70. The monoisotopic (exact) mass is 257 g/mol. The lowest BCUT2D eigenvalue weighted by Gasteiger charge is -2.07. The number of carbonyl (C=O) groups is 1. The van der Waals surface area contributed by atoms with E-state index in [-0.39, 0.29) is 17.7 Å². The van der Waals surface area contributed by atoms with Crippen LogP contribution in [0.15, 0.2) is 30.6 Å². The van der Waals surface area contributed by atoms with Gasteiger partial charge in [0.1, 0.15) is 0 Å². The van der Waals surface area contributed by atoms with Crippen molar-refractivity contribution in [2.24, 2.45) is 0 Å². The van der Waals surface area contributed by atoms with Gasteiger partial charge in [-0.3, -0.25) is 0 Å². The number of carbonyl (C=O) groups excluding carboxylic acids is 1. The Kier molecular flexibility index (Phi) is 3.02. The van der Waals surface area contributed by atoms with Crippen molar-refractivity contribution in [3.63, 3.8) is 0 Å². The first kappa shape index (κ1) is 12.5. The van der Waals surface area contributed by atoms with Gasteiger partial charge in [0.25, 0.3) is 0 Å². The van der Waals surface area contributed by atoms with Gasteiger partial charge < -0.3 is 9.14 Å². The number of halogens is 3. The molecule has 2 aromatic heterocycles. The van der Waals surface area contributed by atoms with Crippen LogP contribution in [0.3, 0.4) is 0 Å². The van der Waals surface area contributed by atoms with Gasteiger partial charge in [-0.1, -0.05) is 0 Å². The Morgan fingerprint density at radius 3 is 2.61 bits per heavy atom. The molecule has 0 spiro atoms. The first-order chi connectivity index (χ1) is 8.43. The highest BCUT2D eigenvalue weighted by Gasteiger charge is 2.31. The minimum atomic E-state index is -4.43. The Labute approximate surface area is 101 Å². The summed E-state index contributed by atoms with van der Waals surface area (Å²) in [4.78, 5) is 11.6. The molecule has 18 heavy (non-hydrogen) atoms. The summed E-state index contributed by atoms with van der Waals surface area (Å²) in [5.74, 6) is -0.626. The van der Waals surface area contributed by atoms with E-state index in [1.807, 2.05) is 0 Å². The van der Waals surface area contributed by atoms with E-state index in [4.69, 9.17) is 4.74 Å². The zero-order valence-corrected chi connectivity index (χ0v) is 9.49. The van der Waals surface area contributed by atoms with Crippen LogP contribution in [0.1, 0.15) is 22.8 Å². The van der Waals surface area contributed by atoms with Gasteiger partial charge in [-0.05, 0) is 25.1 Å². The summed E-state index contributed by atoms with van der Waals surface area (Å²) in [7, 11) is 0. The number of nitrogens with zero attached hydrogens (tertiary/aromatic N) is 1. The molecule has 2 aromatic rings. The Balaban J connectivity index is 2.53. The third-order valence-corrected chi connectivity index (χ3v) is 2.49. The molecular weight excluding hydrogens is 247 g/mol. The van der Waals surface area contributed by atoms with Crippen LogP contribution in [-0.4, -0.2) is 17.0 Å². The van der Waals surface area contributed by atoms with Gasteiger partial charge >= 0.3 is 12.1 Å². The molecule has 2 heterocycles. The van der Waals surface area contributed by atoms with E-state index >= 15 is 0 Å². The minimum absolute atomic E-state index is 0.128. The molecule has 3 nitrogen and oxygen atoms in total. The van der Waals surface area contributed by atoms with Crippen molar-refractivity contribution < 1.29 is 22.7 Å². The summed E-state index contributed by atoms with van der Waals surface area (Å²) in [6, 6.07) is 3.33. The molecule has 0 saturated heterocycles. The zero-order valence-electron chi connectivity index (χ0n) is 9.49. The molecule has 0 aromatic carbocycles. The lowest BCUT2D eigenvalue weighted by molar-refractivity contribution is -0.137. The number of pyridine rings is 1. The highest BCUT2D eigenvalue weighted by Crippen LogP contribution is 2.30. The summed E-state index contributed by atoms with van der Waals surface area (Å²) in [5, 5.41) is 0. The smallest absolute Gasteiger partial charge is 0.416 e. The fourth-order valence-electron chi connectivity index (χ4n) is 1.66. The van der Waals surface area contributed by atoms with Crippen LogP contribution in [0.4, 0.5) is 13.2 Å². The van der Waals surface area contributed by atoms with Crippen molar-refractivity contribution in [1.82, 2.24) is 4.40 Å². The second-order valence-electron chi connectivity index (χ2n) is 3.66. The Morgan fingerprint density at radius 2 is 2.00 bits per heavy atom. The second-order valence-corrected chi connectivity index (χ2v) is 3.66. The minimum Gasteiger partial charge on any atom is -0.462 e. The third kappa shape index (κ3) is 2.18. The average molecular weight is 257 g/mol. The van der Waals surface area contributed by atoms with Gasteiger partial charge in [0.15, 0.2) is 0 Å². The Bertz CT molecular complexity index is 587. The lowest BCUT2D eigenvalue weighted by Crippen LogP contribution is -2.07. The lowest BCUT2D eigenvalue weighted by atomic mass is 10.2. The third-order valence-electron chi connectivity index (χ3n) is 2.49. The molecule has 0 radical (unpaired) electrons. The van der Waals surface area contributed by atoms with E-state index in [0.717, 1.165) is 12.1 Å². The molecule has 0 saturated carbocycles. The fourth-order valence-corrected chi connectivity index (χ4v) is 1.66. The molecule has 0 aliphatic heterocycles. The summed E-state index contributed by atoms with van der Waals surface area (Å²) in [6.07, 6.45) is -1.65. The van der Waals surface area contributed by atoms with Crippen molar-refractivity contribution in [2.45, 2.75) is 13.1 Å². The van der Waals surface area contributed by atoms with Crippen molar-refractivity contribution in [1.29, 1.82) is 0 Å². The van der Waals surface area contributed by atoms with E-state index in [1.54, 1.807) is 6.92 Å². The molecule has 0 amide bonds. The van der Waals surface area contributed by atoms with Gasteiger partial charge in [-0.25, -0.2) is 4.79 Å². The SMILES string of the molecule is CCOC(=O)c1ccn2ccc(C(F)(F)F)cc12. The molecule has 0 bridgehead atoms. The number of fused-ring (bicyclic) bond motifs is 1. The molecular formula is C12H10F3NO2. The number of rotatable bonds is 2. The Morgan fingerprint density at radius 1 is 1.33 bits per heavy atom. The maximum atomic E-state index is 12.6. The van der Waals surface area contributed by atoms with Gasteiger partial charge in [0.2, 0.25) is 0 Å². The number of ether oxygens (including phenoxy) is 1. The topological polar surface area (TPSA) is 30.7 Å². The van der Waals surface area contributed by atoms with Crippen LogP contribution >= 0.6 is 0 Å². The molecule has 0 atom stereocenters. The number of esters is 1. The number of alkyl halides is 3. The predicted molar refractivity (Wildman–Crippen MR) is 58.4 cm³/mol. The molecule has 0 fully saturated rings. The van der Waals surface area contributed by atoms with Crippen LogP contribution < -0.4 is 0 Å². The maximum Gasteiger partial charge on any atom is 0.416 e. The number of hydrogen-bond donors (Lipinski definition) is 0. The fraction of sp³-hybridized carbons (Fsp3) is 0.250. The zero-order chi connectivity index (χ0) is 13.3. The Hall–Kier alpha value is -1.98. The van der Waals surface area contributed by atoms with Crippen molar-refractivity contribution in [3.8, 4) is 0 Å². The molecule has 6 heteroatoms. The largest absolute Gasteiger partial charge is 0.462 e. The van der Waals surface area contributed by atoms with Crippen LogP contribution in [0.2, 0.25) is 0 Å². The van der Waals surface area contributed by atoms with Gasteiger partial charge in [0, 0.05) is 12.4 Å². The van der Waals surface area contributed by atoms with E-state index in [1.165, 1.54) is 22.9 Å². The number of aromatic nitrogens is 1. The van der Waals surface area contributed by atoms with Crippen LogP contribution in [0.25, 0.3) is 5.52 Å². The molecule has 96 valence electrons. The van der Waals surface area contributed by atoms with Crippen molar-refractivity contribution in [2.75, 3.05) is 6.61 Å². The first-order valence-electron chi connectivity index (χ1n) is 5.28.